The maximum atomic E-state index is 11.6. The molecule has 0 saturated carbocycles. The number of rotatable bonds is 5. The van der Waals surface area contributed by atoms with Crippen molar-refractivity contribution in [3.63, 3.8) is 0 Å². The number of ether oxygens (including phenoxy) is 4. The van der Waals surface area contributed by atoms with Crippen LogP contribution < -0.4 is 0 Å². The Morgan fingerprint density at radius 3 is 2.82 bits per heavy atom. The van der Waals surface area contributed by atoms with Crippen molar-refractivity contribution < 1.29 is 23.7 Å². The minimum atomic E-state index is -0.712. The first-order valence-corrected chi connectivity index (χ1v) is 6.17. The number of esters is 1. The van der Waals surface area contributed by atoms with Gasteiger partial charge in [-0.2, -0.15) is 0 Å². The molecule has 5 nitrogen and oxygen atoms in total. The van der Waals surface area contributed by atoms with Gasteiger partial charge in [0.1, 0.15) is 6.10 Å². The molecule has 0 spiro atoms. The first-order chi connectivity index (χ1) is 8.03. The van der Waals surface area contributed by atoms with Gasteiger partial charge < -0.3 is 18.9 Å². The molecular weight excluding hydrogens is 224 g/mol. The van der Waals surface area contributed by atoms with Crippen molar-refractivity contribution in [3.05, 3.63) is 0 Å². The fourth-order valence-electron chi connectivity index (χ4n) is 2.10. The van der Waals surface area contributed by atoms with E-state index < -0.39 is 11.9 Å². The van der Waals surface area contributed by atoms with E-state index in [1.54, 1.807) is 13.8 Å². The van der Waals surface area contributed by atoms with E-state index >= 15 is 0 Å². The second kappa shape index (κ2) is 4.92. The van der Waals surface area contributed by atoms with E-state index in [4.69, 9.17) is 18.9 Å². The molecule has 2 aliphatic heterocycles. The third-order valence-corrected chi connectivity index (χ3v) is 2.92. The van der Waals surface area contributed by atoms with E-state index in [-0.39, 0.29) is 18.2 Å². The Balaban J connectivity index is 1.86. The van der Waals surface area contributed by atoms with Crippen LogP contribution >= 0.6 is 0 Å². The fourth-order valence-corrected chi connectivity index (χ4v) is 2.10. The van der Waals surface area contributed by atoms with Gasteiger partial charge in [0.15, 0.2) is 18.0 Å². The van der Waals surface area contributed by atoms with Gasteiger partial charge in [0.25, 0.3) is 0 Å². The first-order valence-electron chi connectivity index (χ1n) is 6.17. The van der Waals surface area contributed by atoms with E-state index in [1.165, 1.54) is 0 Å². The summed E-state index contributed by atoms with van der Waals surface area (Å²) in [5, 5.41) is 0. The van der Waals surface area contributed by atoms with Crippen molar-refractivity contribution >= 4 is 5.97 Å². The molecule has 17 heavy (non-hydrogen) atoms. The Morgan fingerprint density at radius 1 is 1.35 bits per heavy atom. The quantitative estimate of drug-likeness (QED) is 0.538. The molecule has 2 fully saturated rings. The Morgan fingerprint density at radius 2 is 2.12 bits per heavy atom. The van der Waals surface area contributed by atoms with Crippen LogP contribution in [0.3, 0.4) is 0 Å². The Labute approximate surface area is 101 Å². The van der Waals surface area contributed by atoms with Crippen LogP contribution in [0, 0.1) is 0 Å². The number of unbranched alkanes of at least 4 members (excludes halogenated alkanes) is 1. The molecule has 0 N–H and O–H groups in total. The summed E-state index contributed by atoms with van der Waals surface area (Å²) in [6.45, 7) is 6.77. The lowest BCUT2D eigenvalue weighted by molar-refractivity contribution is -0.190. The molecule has 0 radical (unpaired) electrons. The molecule has 2 heterocycles. The predicted octanol–water partition coefficient (Wildman–Crippen LogP) is 1.25. The van der Waals surface area contributed by atoms with Crippen LogP contribution in [-0.2, 0) is 23.7 Å². The van der Waals surface area contributed by atoms with Crippen LogP contribution in [0.4, 0.5) is 0 Å². The smallest absolute Gasteiger partial charge is 0.338 e. The van der Waals surface area contributed by atoms with Gasteiger partial charge in [0.2, 0.25) is 0 Å². The average molecular weight is 244 g/mol. The largest absolute Gasteiger partial charge is 0.455 e. The number of carbonyl (C=O) groups is 1. The zero-order valence-electron chi connectivity index (χ0n) is 10.6. The summed E-state index contributed by atoms with van der Waals surface area (Å²) >= 11 is 0. The lowest BCUT2D eigenvalue weighted by atomic mass is 10.1. The van der Waals surface area contributed by atoms with Gasteiger partial charge in [-0.15, -0.1) is 0 Å². The number of hydrogen-bond acceptors (Lipinski definition) is 5. The molecule has 2 aliphatic rings. The van der Waals surface area contributed by atoms with E-state index in [0.29, 0.717) is 13.2 Å². The van der Waals surface area contributed by atoms with Gasteiger partial charge in [0.05, 0.1) is 6.61 Å². The average Bonchev–Trinajstić information content (AvgIpc) is 2.70. The maximum Gasteiger partial charge on any atom is 0.338 e. The zero-order valence-corrected chi connectivity index (χ0v) is 10.6. The molecule has 0 aromatic rings. The molecule has 0 aromatic carbocycles. The summed E-state index contributed by atoms with van der Waals surface area (Å²) in [7, 11) is 0. The van der Waals surface area contributed by atoms with Crippen LogP contribution in [0.5, 0.6) is 0 Å². The predicted molar refractivity (Wildman–Crippen MR) is 59.4 cm³/mol. The summed E-state index contributed by atoms with van der Waals surface area (Å²) in [5.74, 6) is -1.05. The number of hydrogen-bond donors (Lipinski definition) is 0. The van der Waals surface area contributed by atoms with E-state index in [1.807, 2.05) is 0 Å². The highest BCUT2D eigenvalue weighted by Crippen LogP contribution is 2.35. The molecular formula is C12H20O5. The van der Waals surface area contributed by atoms with Crippen molar-refractivity contribution in [1.82, 2.24) is 0 Å². The van der Waals surface area contributed by atoms with E-state index in [0.717, 1.165) is 12.8 Å². The monoisotopic (exact) mass is 244 g/mol. The topological polar surface area (TPSA) is 54.0 Å². The SMILES string of the molecule is CCCCOC[C@@H]1OC(=O)[C@@H]2OC(C)(C)O[C@H]12. The number of cyclic esters (lactones) is 1. The highest BCUT2D eigenvalue weighted by atomic mass is 16.8. The lowest BCUT2D eigenvalue weighted by Gasteiger charge is -2.21. The molecule has 3 atom stereocenters. The normalized spacial score (nSPS) is 34.8. The summed E-state index contributed by atoms with van der Waals surface area (Å²) in [6, 6.07) is 0. The maximum absolute atomic E-state index is 11.6. The van der Waals surface area contributed by atoms with Crippen molar-refractivity contribution in [2.75, 3.05) is 13.2 Å². The van der Waals surface area contributed by atoms with Gasteiger partial charge in [-0.05, 0) is 20.3 Å². The lowest BCUT2D eigenvalue weighted by Crippen LogP contribution is -2.33. The standard InChI is InChI=1S/C12H20O5/c1-4-5-6-14-7-8-9-10(11(13)15-8)17-12(2,3)16-9/h8-10H,4-7H2,1-3H3/t8-,9+,10+/m0/s1. The highest BCUT2D eigenvalue weighted by molar-refractivity contribution is 5.78. The zero-order chi connectivity index (χ0) is 12.5. The third kappa shape index (κ3) is 2.78. The number of fused-ring (bicyclic) bond motifs is 1. The molecule has 0 unspecified atom stereocenters. The Hall–Kier alpha value is -0.650. The molecule has 0 amide bonds. The van der Waals surface area contributed by atoms with Crippen LogP contribution in [0.1, 0.15) is 33.6 Å². The van der Waals surface area contributed by atoms with Crippen molar-refractivity contribution in [2.45, 2.75) is 57.7 Å². The minimum Gasteiger partial charge on any atom is -0.455 e. The fraction of sp³-hybridized carbons (Fsp3) is 0.917. The van der Waals surface area contributed by atoms with Crippen molar-refractivity contribution in [1.29, 1.82) is 0 Å². The van der Waals surface area contributed by atoms with Crippen molar-refractivity contribution in [2.24, 2.45) is 0 Å². The van der Waals surface area contributed by atoms with Crippen LogP contribution in [-0.4, -0.2) is 43.3 Å². The summed E-state index contributed by atoms with van der Waals surface area (Å²) in [4.78, 5) is 11.6. The summed E-state index contributed by atoms with van der Waals surface area (Å²) < 4.78 is 21.8. The van der Waals surface area contributed by atoms with E-state index in [9.17, 15) is 4.79 Å². The highest BCUT2D eigenvalue weighted by Gasteiger charge is 2.55. The summed E-state index contributed by atoms with van der Waals surface area (Å²) in [6.07, 6.45) is 0.829. The minimum absolute atomic E-state index is 0.334. The van der Waals surface area contributed by atoms with Gasteiger partial charge in [-0.3, -0.25) is 0 Å². The molecule has 2 saturated heterocycles. The Bertz CT molecular complexity index is 289. The molecule has 5 heteroatoms. The van der Waals surface area contributed by atoms with Crippen molar-refractivity contribution in [3.8, 4) is 0 Å². The molecule has 98 valence electrons. The van der Waals surface area contributed by atoms with Gasteiger partial charge in [0, 0.05) is 6.61 Å². The second-order valence-electron chi connectivity index (χ2n) is 4.92. The molecule has 0 aliphatic carbocycles. The Kier molecular flexibility index (Phi) is 3.70. The third-order valence-electron chi connectivity index (χ3n) is 2.92. The number of carbonyl (C=O) groups excluding carboxylic acids is 1. The van der Waals surface area contributed by atoms with Gasteiger partial charge in [-0.25, -0.2) is 4.79 Å². The van der Waals surface area contributed by atoms with E-state index in [2.05, 4.69) is 6.92 Å². The van der Waals surface area contributed by atoms with Crippen LogP contribution in [0.25, 0.3) is 0 Å². The first kappa shape index (κ1) is 12.8. The van der Waals surface area contributed by atoms with Crippen LogP contribution in [0.15, 0.2) is 0 Å². The summed E-state index contributed by atoms with van der Waals surface area (Å²) in [5.41, 5.74) is 0. The molecule has 0 aromatic heterocycles. The van der Waals surface area contributed by atoms with Gasteiger partial charge in [-0.1, -0.05) is 13.3 Å². The molecule has 2 rings (SSSR count). The van der Waals surface area contributed by atoms with Crippen LogP contribution in [0.2, 0.25) is 0 Å². The molecule has 0 bridgehead atoms. The second-order valence-corrected chi connectivity index (χ2v) is 4.92. The van der Waals surface area contributed by atoms with Gasteiger partial charge >= 0.3 is 5.97 Å².